The Morgan fingerprint density at radius 1 is 1.00 bits per heavy atom. The SMILES string of the molecule is CN(C)CCN1C(=O)C(=O)C(=C(O)c2ccc3c(c2)OCCO3)[C@@H]1c1ccc(N(C)C)cc1. The molecule has 0 saturated carbocycles. The van der Waals surface area contributed by atoms with Crippen molar-refractivity contribution in [2.75, 3.05) is 59.4 Å². The van der Waals surface area contributed by atoms with Gasteiger partial charge in [0.2, 0.25) is 0 Å². The monoisotopic (exact) mass is 451 g/mol. The molecule has 0 aromatic heterocycles. The van der Waals surface area contributed by atoms with E-state index in [-0.39, 0.29) is 11.3 Å². The van der Waals surface area contributed by atoms with E-state index < -0.39 is 17.7 Å². The Morgan fingerprint density at radius 3 is 2.30 bits per heavy atom. The molecule has 1 fully saturated rings. The lowest BCUT2D eigenvalue weighted by molar-refractivity contribution is -0.140. The van der Waals surface area contributed by atoms with Crippen LogP contribution in [0.2, 0.25) is 0 Å². The first-order valence-electron chi connectivity index (χ1n) is 10.9. The fraction of sp³-hybridized carbons (Fsp3) is 0.360. The van der Waals surface area contributed by atoms with Gasteiger partial charge in [-0.25, -0.2) is 0 Å². The molecule has 8 nitrogen and oxygen atoms in total. The van der Waals surface area contributed by atoms with Gasteiger partial charge in [-0.3, -0.25) is 9.59 Å². The topological polar surface area (TPSA) is 82.6 Å². The first kappa shape index (κ1) is 22.7. The summed E-state index contributed by atoms with van der Waals surface area (Å²) < 4.78 is 11.2. The lowest BCUT2D eigenvalue weighted by atomic mass is 9.95. The summed E-state index contributed by atoms with van der Waals surface area (Å²) in [5, 5.41) is 11.2. The van der Waals surface area contributed by atoms with Crippen LogP contribution in [0.5, 0.6) is 11.5 Å². The molecule has 1 amide bonds. The molecule has 0 aliphatic carbocycles. The number of carbonyl (C=O) groups is 2. The Bertz CT molecular complexity index is 1090. The Morgan fingerprint density at radius 2 is 1.67 bits per heavy atom. The predicted molar refractivity (Wildman–Crippen MR) is 126 cm³/mol. The van der Waals surface area contributed by atoms with Gasteiger partial charge >= 0.3 is 0 Å². The number of amides is 1. The molecule has 2 aliphatic heterocycles. The number of likely N-dealkylation sites (N-methyl/N-ethyl adjacent to an activating group) is 1. The average molecular weight is 452 g/mol. The van der Waals surface area contributed by atoms with Crippen LogP contribution in [-0.2, 0) is 9.59 Å². The first-order valence-corrected chi connectivity index (χ1v) is 10.9. The number of likely N-dealkylation sites (tertiary alicyclic amines) is 1. The maximum atomic E-state index is 13.1. The van der Waals surface area contributed by atoms with Crippen LogP contribution in [0.3, 0.4) is 0 Å². The highest BCUT2D eigenvalue weighted by atomic mass is 16.6. The molecule has 2 heterocycles. The summed E-state index contributed by atoms with van der Waals surface area (Å²) >= 11 is 0. The number of hydrogen-bond donors (Lipinski definition) is 1. The van der Waals surface area contributed by atoms with Gasteiger partial charge in [-0.15, -0.1) is 0 Å². The van der Waals surface area contributed by atoms with E-state index in [1.54, 1.807) is 18.2 Å². The zero-order valence-corrected chi connectivity index (χ0v) is 19.4. The third-order valence-corrected chi connectivity index (χ3v) is 5.87. The number of Topliss-reactive ketones (excluding diaryl/α,β-unsaturated/α-hetero) is 1. The molecule has 174 valence electrons. The fourth-order valence-electron chi connectivity index (χ4n) is 4.07. The molecule has 0 spiro atoms. The van der Waals surface area contributed by atoms with Gasteiger partial charge in [-0.05, 0) is 50.0 Å². The summed E-state index contributed by atoms with van der Waals surface area (Å²) in [4.78, 5) is 31.6. The maximum absolute atomic E-state index is 13.1. The van der Waals surface area contributed by atoms with Crippen LogP contribution in [0.4, 0.5) is 5.69 Å². The normalized spacial score (nSPS) is 19.3. The van der Waals surface area contributed by atoms with Crippen LogP contribution in [0.1, 0.15) is 17.2 Å². The Balaban J connectivity index is 1.81. The molecule has 1 N–H and O–H groups in total. The summed E-state index contributed by atoms with van der Waals surface area (Å²) in [6, 6.07) is 12.0. The van der Waals surface area contributed by atoms with Gasteiger partial charge in [0.1, 0.15) is 19.0 Å². The molecule has 0 bridgehead atoms. The fourth-order valence-corrected chi connectivity index (χ4v) is 4.07. The molecule has 1 saturated heterocycles. The van der Waals surface area contributed by atoms with E-state index in [2.05, 4.69) is 0 Å². The van der Waals surface area contributed by atoms with E-state index in [4.69, 9.17) is 9.47 Å². The van der Waals surface area contributed by atoms with Crippen molar-refractivity contribution >= 4 is 23.1 Å². The summed E-state index contributed by atoms with van der Waals surface area (Å²) in [5.41, 5.74) is 2.24. The average Bonchev–Trinajstić information content (AvgIpc) is 3.06. The highest BCUT2D eigenvalue weighted by Crippen LogP contribution is 2.41. The second-order valence-corrected chi connectivity index (χ2v) is 8.64. The lowest BCUT2D eigenvalue weighted by Gasteiger charge is -2.27. The quantitative estimate of drug-likeness (QED) is 0.411. The zero-order chi connectivity index (χ0) is 23.7. The molecule has 8 heteroatoms. The first-order chi connectivity index (χ1) is 15.8. The number of ketones is 1. The Labute approximate surface area is 193 Å². The zero-order valence-electron chi connectivity index (χ0n) is 19.4. The van der Waals surface area contributed by atoms with E-state index in [1.807, 2.05) is 62.3 Å². The van der Waals surface area contributed by atoms with E-state index in [9.17, 15) is 14.7 Å². The van der Waals surface area contributed by atoms with Crippen LogP contribution in [0, 0.1) is 0 Å². The van der Waals surface area contributed by atoms with Crippen molar-refractivity contribution in [3.8, 4) is 11.5 Å². The molecule has 2 aliphatic rings. The van der Waals surface area contributed by atoms with Crippen molar-refractivity contribution in [3.63, 3.8) is 0 Å². The van der Waals surface area contributed by atoms with Gasteiger partial charge in [0.05, 0.1) is 11.6 Å². The minimum Gasteiger partial charge on any atom is -0.507 e. The third kappa shape index (κ3) is 4.39. The van der Waals surface area contributed by atoms with Gasteiger partial charge in [-0.1, -0.05) is 12.1 Å². The number of fused-ring (bicyclic) bond motifs is 1. The Hall–Kier alpha value is -3.52. The van der Waals surface area contributed by atoms with Gasteiger partial charge in [0, 0.05) is 38.4 Å². The van der Waals surface area contributed by atoms with Gasteiger partial charge in [-0.2, -0.15) is 0 Å². The minimum atomic E-state index is -0.692. The third-order valence-electron chi connectivity index (χ3n) is 5.87. The Kier molecular flexibility index (Phi) is 6.29. The molecular formula is C25H29N3O5. The number of benzene rings is 2. The van der Waals surface area contributed by atoms with Crippen molar-refractivity contribution in [2.45, 2.75) is 6.04 Å². The lowest BCUT2D eigenvalue weighted by Crippen LogP contribution is -2.35. The highest BCUT2D eigenvalue weighted by Gasteiger charge is 2.46. The number of rotatable bonds is 6. The largest absolute Gasteiger partial charge is 0.507 e. The van der Waals surface area contributed by atoms with Crippen LogP contribution >= 0.6 is 0 Å². The molecule has 33 heavy (non-hydrogen) atoms. The van der Waals surface area contributed by atoms with Gasteiger partial charge in [0.25, 0.3) is 11.7 Å². The number of aliphatic hydroxyl groups is 1. The van der Waals surface area contributed by atoms with E-state index >= 15 is 0 Å². The highest BCUT2D eigenvalue weighted by molar-refractivity contribution is 6.46. The number of ether oxygens (including phenoxy) is 2. The minimum absolute atomic E-state index is 0.0769. The van der Waals surface area contributed by atoms with Crippen molar-refractivity contribution in [1.82, 2.24) is 9.80 Å². The second-order valence-electron chi connectivity index (χ2n) is 8.64. The summed E-state index contributed by atoms with van der Waals surface area (Å²) in [6.07, 6.45) is 0. The van der Waals surface area contributed by atoms with Crippen molar-refractivity contribution < 1.29 is 24.2 Å². The number of nitrogens with zero attached hydrogens (tertiary/aromatic N) is 3. The van der Waals surface area contributed by atoms with Crippen LogP contribution in [0.25, 0.3) is 5.76 Å². The molecule has 0 radical (unpaired) electrons. The maximum Gasteiger partial charge on any atom is 0.295 e. The van der Waals surface area contributed by atoms with Crippen LogP contribution in [0.15, 0.2) is 48.0 Å². The van der Waals surface area contributed by atoms with Crippen molar-refractivity contribution in [2.24, 2.45) is 0 Å². The molecule has 2 aromatic carbocycles. The van der Waals surface area contributed by atoms with E-state index in [0.717, 1.165) is 11.3 Å². The molecule has 0 unspecified atom stereocenters. The smallest absolute Gasteiger partial charge is 0.295 e. The predicted octanol–water partition coefficient (Wildman–Crippen LogP) is 2.51. The van der Waals surface area contributed by atoms with Gasteiger partial charge < -0.3 is 29.3 Å². The van der Waals surface area contributed by atoms with Crippen molar-refractivity contribution in [3.05, 3.63) is 59.2 Å². The van der Waals surface area contributed by atoms with E-state index in [0.29, 0.717) is 43.4 Å². The standard InChI is InChI=1S/C25H29N3O5/c1-26(2)11-12-28-22(16-5-8-18(9-6-16)27(3)4)21(24(30)25(28)31)23(29)17-7-10-19-20(15-17)33-14-13-32-19/h5-10,15,22,29H,11-14H2,1-4H3/t22-/m0/s1. The second kappa shape index (κ2) is 9.15. The number of hydrogen-bond acceptors (Lipinski definition) is 7. The van der Waals surface area contributed by atoms with Gasteiger partial charge in [0.15, 0.2) is 11.5 Å². The van der Waals surface area contributed by atoms with Crippen LogP contribution < -0.4 is 14.4 Å². The molecule has 4 rings (SSSR count). The molecule has 2 aromatic rings. The molecular weight excluding hydrogens is 422 g/mol. The summed E-state index contributed by atoms with van der Waals surface area (Å²) in [7, 11) is 7.71. The van der Waals surface area contributed by atoms with E-state index in [1.165, 1.54) is 4.90 Å². The number of anilines is 1. The molecule has 1 atom stereocenters. The number of aliphatic hydroxyl groups excluding tert-OH is 1. The summed E-state index contributed by atoms with van der Waals surface area (Å²) in [5.74, 6) is -0.445. The van der Waals surface area contributed by atoms with Crippen molar-refractivity contribution in [1.29, 1.82) is 0 Å². The summed E-state index contributed by atoms with van der Waals surface area (Å²) in [6.45, 7) is 1.81. The van der Waals surface area contributed by atoms with Crippen LogP contribution in [-0.4, -0.2) is 81.1 Å². The number of carbonyl (C=O) groups excluding carboxylic acids is 2.